The maximum Gasteiger partial charge on any atom is 0.0947 e. The number of hydrogen-bond donors (Lipinski definition) is 2. The monoisotopic (exact) mass is 195 g/mol. The molecule has 78 valence electrons. The van der Waals surface area contributed by atoms with Crippen LogP contribution in [0.4, 0.5) is 0 Å². The van der Waals surface area contributed by atoms with Crippen LogP contribution in [0.1, 0.15) is 25.8 Å². The van der Waals surface area contributed by atoms with Crippen molar-refractivity contribution in [2.75, 3.05) is 0 Å². The van der Waals surface area contributed by atoms with Crippen molar-refractivity contribution < 1.29 is 9.52 Å². The quantitative estimate of drug-likeness (QED) is 0.768. The second-order valence-corrected chi connectivity index (χ2v) is 4.64. The summed E-state index contributed by atoms with van der Waals surface area (Å²) < 4.78 is 4.98. The summed E-state index contributed by atoms with van der Waals surface area (Å²) in [7, 11) is 0. The molecule has 1 heterocycles. The summed E-state index contributed by atoms with van der Waals surface area (Å²) in [6.45, 7) is 5.00. The first-order valence-corrected chi connectivity index (χ1v) is 5.03. The van der Waals surface area contributed by atoms with Gasteiger partial charge in [-0.1, -0.05) is 13.8 Å². The Labute approximate surface area is 84.1 Å². The first kappa shape index (κ1) is 9.74. The van der Waals surface area contributed by atoms with Gasteiger partial charge in [0.1, 0.15) is 0 Å². The lowest BCUT2D eigenvalue weighted by Gasteiger charge is -2.49. The fourth-order valence-corrected chi connectivity index (χ4v) is 1.88. The summed E-state index contributed by atoms with van der Waals surface area (Å²) in [5.41, 5.74) is 1.16. The smallest absolute Gasteiger partial charge is 0.0947 e. The summed E-state index contributed by atoms with van der Waals surface area (Å²) in [5.74, 6) is 0. The molecule has 2 rings (SSSR count). The molecule has 2 N–H and O–H groups in total. The van der Waals surface area contributed by atoms with Crippen molar-refractivity contribution in [1.82, 2.24) is 5.32 Å². The number of rotatable bonds is 3. The van der Waals surface area contributed by atoms with Crippen molar-refractivity contribution in [3.05, 3.63) is 24.2 Å². The van der Waals surface area contributed by atoms with E-state index in [2.05, 4.69) is 19.2 Å². The van der Waals surface area contributed by atoms with E-state index in [-0.39, 0.29) is 11.5 Å². The van der Waals surface area contributed by atoms with Crippen LogP contribution in [0, 0.1) is 5.41 Å². The molecule has 1 aliphatic rings. The van der Waals surface area contributed by atoms with Crippen molar-refractivity contribution in [2.45, 2.75) is 39.0 Å². The van der Waals surface area contributed by atoms with Crippen molar-refractivity contribution in [1.29, 1.82) is 0 Å². The minimum Gasteiger partial charge on any atom is -0.472 e. The van der Waals surface area contributed by atoms with Crippen LogP contribution in [0.2, 0.25) is 0 Å². The summed E-state index contributed by atoms with van der Waals surface area (Å²) in [6.07, 6.45) is 4.11. The van der Waals surface area contributed by atoms with E-state index < -0.39 is 0 Å². The predicted octanol–water partition coefficient (Wildman–Crippen LogP) is 1.53. The molecule has 0 bridgehead atoms. The van der Waals surface area contributed by atoms with Gasteiger partial charge >= 0.3 is 0 Å². The van der Waals surface area contributed by atoms with Crippen LogP contribution in [0.15, 0.2) is 23.0 Å². The molecule has 0 radical (unpaired) electrons. The zero-order valence-electron chi connectivity index (χ0n) is 8.66. The van der Waals surface area contributed by atoms with Gasteiger partial charge in [-0.2, -0.15) is 0 Å². The van der Waals surface area contributed by atoms with Gasteiger partial charge < -0.3 is 14.8 Å². The molecule has 0 amide bonds. The number of nitrogens with one attached hydrogen (secondary N) is 1. The van der Waals surface area contributed by atoms with Crippen LogP contribution in [0.25, 0.3) is 0 Å². The molecular formula is C11H17NO2. The first-order valence-electron chi connectivity index (χ1n) is 5.03. The third-order valence-corrected chi connectivity index (χ3v) is 3.35. The SMILES string of the molecule is CC1(C)C(O)CC1NCc1ccoc1. The Morgan fingerprint density at radius 2 is 2.43 bits per heavy atom. The fourth-order valence-electron chi connectivity index (χ4n) is 1.88. The van der Waals surface area contributed by atoms with Crippen molar-refractivity contribution in [3.63, 3.8) is 0 Å². The average Bonchev–Trinajstić information content (AvgIpc) is 2.64. The van der Waals surface area contributed by atoms with Gasteiger partial charge in [0, 0.05) is 23.6 Å². The molecular weight excluding hydrogens is 178 g/mol. The zero-order valence-corrected chi connectivity index (χ0v) is 8.66. The Morgan fingerprint density at radius 3 is 2.93 bits per heavy atom. The molecule has 2 atom stereocenters. The highest BCUT2D eigenvalue weighted by atomic mass is 16.3. The molecule has 0 aliphatic heterocycles. The van der Waals surface area contributed by atoms with Gasteiger partial charge in [-0.05, 0) is 12.5 Å². The highest BCUT2D eigenvalue weighted by Crippen LogP contribution is 2.40. The van der Waals surface area contributed by atoms with Crippen LogP contribution in [-0.4, -0.2) is 17.3 Å². The van der Waals surface area contributed by atoms with Gasteiger partial charge in [-0.15, -0.1) is 0 Å². The lowest BCUT2D eigenvalue weighted by Crippen LogP contribution is -2.59. The lowest BCUT2D eigenvalue weighted by atomic mass is 9.64. The normalized spacial score (nSPS) is 29.9. The molecule has 2 unspecified atom stereocenters. The average molecular weight is 195 g/mol. The minimum atomic E-state index is -0.163. The molecule has 3 heteroatoms. The fraction of sp³-hybridized carbons (Fsp3) is 0.636. The van der Waals surface area contributed by atoms with Crippen LogP contribution in [-0.2, 0) is 6.54 Å². The molecule has 1 aromatic heterocycles. The largest absolute Gasteiger partial charge is 0.472 e. The van der Waals surface area contributed by atoms with Gasteiger partial charge in [0.15, 0.2) is 0 Å². The summed E-state index contributed by atoms with van der Waals surface area (Å²) >= 11 is 0. The van der Waals surface area contributed by atoms with E-state index in [1.165, 1.54) is 0 Å². The molecule has 14 heavy (non-hydrogen) atoms. The second-order valence-electron chi connectivity index (χ2n) is 4.64. The minimum absolute atomic E-state index is 0.00371. The Balaban J connectivity index is 1.83. The van der Waals surface area contributed by atoms with Gasteiger partial charge in [-0.3, -0.25) is 0 Å². The lowest BCUT2D eigenvalue weighted by molar-refractivity contribution is -0.0729. The van der Waals surface area contributed by atoms with Crippen LogP contribution in [0.3, 0.4) is 0 Å². The van der Waals surface area contributed by atoms with Gasteiger partial charge in [0.2, 0.25) is 0 Å². The number of aliphatic hydroxyl groups excluding tert-OH is 1. The van der Waals surface area contributed by atoms with Gasteiger partial charge in [0.05, 0.1) is 18.6 Å². The zero-order chi connectivity index (χ0) is 10.2. The summed E-state index contributed by atoms with van der Waals surface area (Å²) in [4.78, 5) is 0. The van der Waals surface area contributed by atoms with E-state index in [0.717, 1.165) is 18.5 Å². The Morgan fingerprint density at radius 1 is 1.64 bits per heavy atom. The van der Waals surface area contributed by atoms with E-state index in [4.69, 9.17) is 4.42 Å². The molecule has 1 saturated carbocycles. The van der Waals surface area contributed by atoms with Gasteiger partial charge in [-0.25, -0.2) is 0 Å². The standard InChI is InChI=1S/C11H17NO2/c1-11(2)9(5-10(11)13)12-6-8-3-4-14-7-8/h3-4,7,9-10,12-13H,5-6H2,1-2H3. The predicted molar refractivity (Wildman–Crippen MR) is 53.7 cm³/mol. The van der Waals surface area contributed by atoms with Crippen LogP contribution < -0.4 is 5.32 Å². The molecule has 1 fully saturated rings. The van der Waals surface area contributed by atoms with E-state index in [1.54, 1.807) is 12.5 Å². The third-order valence-electron chi connectivity index (χ3n) is 3.35. The van der Waals surface area contributed by atoms with E-state index in [0.29, 0.717) is 6.04 Å². The highest BCUT2D eigenvalue weighted by molar-refractivity contribution is 5.07. The number of hydrogen-bond acceptors (Lipinski definition) is 3. The molecule has 1 aliphatic carbocycles. The van der Waals surface area contributed by atoms with Crippen molar-refractivity contribution in [3.8, 4) is 0 Å². The highest BCUT2D eigenvalue weighted by Gasteiger charge is 2.46. The third kappa shape index (κ3) is 1.57. The summed E-state index contributed by atoms with van der Waals surface area (Å²) in [6, 6.07) is 2.36. The Bertz CT molecular complexity index is 292. The second kappa shape index (κ2) is 3.41. The Hall–Kier alpha value is -0.800. The van der Waals surface area contributed by atoms with E-state index in [9.17, 15) is 5.11 Å². The Kier molecular flexibility index (Phi) is 2.37. The van der Waals surface area contributed by atoms with E-state index >= 15 is 0 Å². The number of furan rings is 1. The molecule has 0 spiro atoms. The molecule has 0 saturated heterocycles. The maximum atomic E-state index is 9.54. The summed E-state index contributed by atoms with van der Waals surface area (Å²) in [5, 5.41) is 13.0. The van der Waals surface area contributed by atoms with Crippen LogP contribution >= 0.6 is 0 Å². The molecule has 1 aromatic rings. The maximum absolute atomic E-state index is 9.54. The first-order chi connectivity index (χ1) is 6.60. The number of aliphatic hydroxyl groups is 1. The van der Waals surface area contributed by atoms with Crippen molar-refractivity contribution in [2.24, 2.45) is 5.41 Å². The van der Waals surface area contributed by atoms with Crippen LogP contribution in [0.5, 0.6) is 0 Å². The van der Waals surface area contributed by atoms with E-state index in [1.807, 2.05) is 6.07 Å². The van der Waals surface area contributed by atoms with Gasteiger partial charge in [0.25, 0.3) is 0 Å². The topological polar surface area (TPSA) is 45.4 Å². The molecule has 3 nitrogen and oxygen atoms in total. The van der Waals surface area contributed by atoms with Crippen molar-refractivity contribution >= 4 is 0 Å². The molecule has 0 aromatic carbocycles.